The molecule has 2 aromatic rings. The van der Waals surface area contributed by atoms with Gasteiger partial charge in [-0.25, -0.2) is 0 Å². The maximum Gasteiger partial charge on any atom is 0.399 e. The fourth-order valence-electron chi connectivity index (χ4n) is 2.48. The Bertz CT molecular complexity index is 858. The number of carbonyl (C=O) groups excluding carboxylic acids is 1. The first-order valence-corrected chi connectivity index (χ1v) is 10.6. The van der Waals surface area contributed by atoms with Crippen molar-refractivity contribution in [2.24, 2.45) is 0 Å². The van der Waals surface area contributed by atoms with Gasteiger partial charge in [-0.05, 0) is 30.7 Å². The summed E-state index contributed by atoms with van der Waals surface area (Å²) in [4.78, 5) is 32.3. The molecule has 5 nitrogen and oxygen atoms in total. The summed E-state index contributed by atoms with van der Waals surface area (Å²) >= 11 is 2.91. The summed E-state index contributed by atoms with van der Waals surface area (Å²) in [6.45, 7) is 2.44. The van der Waals surface area contributed by atoms with Crippen molar-refractivity contribution >= 4 is 35.1 Å². The Morgan fingerprint density at radius 3 is 2.33 bits per heavy atom. The second-order valence-corrected chi connectivity index (χ2v) is 8.43. The van der Waals surface area contributed by atoms with Crippen LogP contribution in [0.2, 0.25) is 0 Å². The van der Waals surface area contributed by atoms with Crippen molar-refractivity contribution in [3.63, 3.8) is 0 Å². The van der Waals surface area contributed by atoms with E-state index in [-0.39, 0.29) is 15.9 Å². The molecule has 0 aromatic heterocycles. The molecular weight excluding hydrogens is 443 g/mol. The van der Waals surface area contributed by atoms with E-state index >= 15 is 0 Å². The van der Waals surface area contributed by atoms with Crippen LogP contribution in [0.5, 0.6) is 0 Å². The molecule has 0 heterocycles. The summed E-state index contributed by atoms with van der Waals surface area (Å²) in [6, 6.07) is 12.1. The molecule has 2 N–H and O–H groups in total. The number of carbonyl (C=O) groups is 1. The van der Waals surface area contributed by atoms with Gasteiger partial charge in [-0.1, -0.05) is 53.5 Å². The number of alkyl halides is 2. The monoisotopic (exact) mass is 461 g/mol. The van der Waals surface area contributed by atoms with Crippen molar-refractivity contribution in [1.29, 1.82) is 0 Å². The summed E-state index contributed by atoms with van der Waals surface area (Å²) in [5.41, 5.74) is -4.41. The molecular formula is C18H19BrF2NO4P. The van der Waals surface area contributed by atoms with Crippen LogP contribution < -0.4 is 4.90 Å². The molecule has 0 bridgehead atoms. The van der Waals surface area contributed by atoms with Gasteiger partial charge in [0.15, 0.2) is 0 Å². The number of benzene rings is 2. The lowest BCUT2D eigenvalue weighted by atomic mass is 10.1. The summed E-state index contributed by atoms with van der Waals surface area (Å²) in [5.74, 6) is -0.388. The zero-order valence-electron chi connectivity index (χ0n) is 14.5. The number of rotatable bonds is 7. The molecule has 146 valence electrons. The van der Waals surface area contributed by atoms with Crippen LogP contribution in [0, 0.1) is 0 Å². The highest BCUT2D eigenvalue weighted by atomic mass is 79.9. The standard InChI is InChI=1S/C18H19BrF2NO4P/c1-2-3-11-22(14-7-5-4-6-8-14)17(23)13-9-10-15(16(19)12-13)18(20,21)27(24,25)26/h4-10,12H,2-3,11H2,1H3,(H2,24,25,26). The maximum absolute atomic E-state index is 14.0. The second kappa shape index (κ2) is 8.61. The highest BCUT2D eigenvalue weighted by Gasteiger charge is 2.51. The van der Waals surface area contributed by atoms with Crippen LogP contribution in [0.15, 0.2) is 53.0 Å². The Morgan fingerprint density at radius 1 is 1.19 bits per heavy atom. The molecule has 0 saturated heterocycles. The van der Waals surface area contributed by atoms with Crippen LogP contribution in [-0.2, 0) is 10.2 Å². The highest BCUT2D eigenvalue weighted by Crippen LogP contribution is 2.60. The van der Waals surface area contributed by atoms with Gasteiger partial charge in [-0.3, -0.25) is 9.36 Å². The van der Waals surface area contributed by atoms with Crippen molar-refractivity contribution in [3.05, 3.63) is 64.1 Å². The second-order valence-electron chi connectivity index (χ2n) is 5.93. The van der Waals surface area contributed by atoms with Gasteiger partial charge < -0.3 is 14.7 Å². The van der Waals surface area contributed by atoms with Gasteiger partial charge in [0.1, 0.15) is 0 Å². The maximum atomic E-state index is 14.0. The van der Waals surface area contributed by atoms with E-state index in [1.165, 1.54) is 0 Å². The van der Waals surface area contributed by atoms with E-state index in [1.807, 2.05) is 13.0 Å². The molecule has 2 aromatic carbocycles. The van der Waals surface area contributed by atoms with Crippen LogP contribution in [0.3, 0.4) is 0 Å². The Kier molecular flexibility index (Phi) is 6.92. The average molecular weight is 462 g/mol. The van der Waals surface area contributed by atoms with Crippen molar-refractivity contribution in [2.45, 2.75) is 25.4 Å². The Balaban J connectivity index is 2.40. The first kappa shape index (κ1) is 21.7. The smallest absolute Gasteiger partial charge is 0.320 e. The molecule has 0 unspecified atom stereocenters. The topological polar surface area (TPSA) is 77.8 Å². The number of anilines is 1. The van der Waals surface area contributed by atoms with E-state index in [9.17, 15) is 18.1 Å². The van der Waals surface area contributed by atoms with Crippen LogP contribution in [0.25, 0.3) is 0 Å². The average Bonchev–Trinajstić information content (AvgIpc) is 2.61. The van der Waals surface area contributed by atoms with Crippen molar-refractivity contribution < 1.29 is 27.9 Å². The summed E-state index contributed by atoms with van der Waals surface area (Å²) in [5, 5.41) is 0. The minimum Gasteiger partial charge on any atom is -0.320 e. The molecule has 0 atom stereocenters. The third-order valence-electron chi connectivity index (χ3n) is 3.95. The van der Waals surface area contributed by atoms with Gasteiger partial charge >= 0.3 is 13.3 Å². The molecule has 0 aliphatic carbocycles. The lowest BCUT2D eigenvalue weighted by Crippen LogP contribution is -2.32. The third-order valence-corrected chi connectivity index (χ3v) is 5.58. The SMILES string of the molecule is CCCCN(C(=O)c1ccc(C(F)(F)P(=O)(O)O)c(Br)c1)c1ccccc1. The van der Waals surface area contributed by atoms with Crippen LogP contribution in [0.4, 0.5) is 14.5 Å². The van der Waals surface area contributed by atoms with E-state index in [0.717, 1.165) is 31.0 Å². The Morgan fingerprint density at radius 2 is 1.81 bits per heavy atom. The van der Waals surface area contributed by atoms with E-state index in [4.69, 9.17) is 9.79 Å². The van der Waals surface area contributed by atoms with E-state index in [1.54, 1.807) is 29.2 Å². The van der Waals surface area contributed by atoms with Gasteiger partial charge in [0.2, 0.25) is 0 Å². The molecule has 0 aliphatic rings. The van der Waals surface area contributed by atoms with E-state index < -0.39 is 18.8 Å². The van der Waals surface area contributed by atoms with E-state index in [0.29, 0.717) is 12.2 Å². The lowest BCUT2D eigenvalue weighted by Gasteiger charge is -2.24. The number of amides is 1. The zero-order valence-corrected chi connectivity index (χ0v) is 17.0. The third kappa shape index (κ3) is 4.82. The van der Waals surface area contributed by atoms with Crippen LogP contribution >= 0.6 is 23.5 Å². The van der Waals surface area contributed by atoms with Gasteiger partial charge in [-0.2, -0.15) is 8.78 Å². The minimum absolute atomic E-state index is 0.132. The Hall–Kier alpha value is -1.60. The van der Waals surface area contributed by atoms with Gasteiger partial charge in [0.25, 0.3) is 5.91 Å². The number of hydrogen-bond donors (Lipinski definition) is 2. The number of unbranched alkanes of at least 4 members (excludes halogenated alkanes) is 1. The Labute approximate surface area is 164 Å². The first-order valence-electron chi connectivity index (χ1n) is 8.20. The van der Waals surface area contributed by atoms with Crippen LogP contribution in [0.1, 0.15) is 35.7 Å². The molecule has 0 fully saturated rings. The molecule has 0 radical (unpaired) electrons. The number of halogens is 3. The molecule has 0 spiro atoms. The first-order chi connectivity index (χ1) is 12.6. The summed E-state index contributed by atoms with van der Waals surface area (Å²) < 4.78 is 38.8. The van der Waals surface area contributed by atoms with Crippen LogP contribution in [-0.4, -0.2) is 22.2 Å². The summed E-state index contributed by atoms with van der Waals surface area (Å²) in [7, 11) is -5.70. The largest absolute Gasteiger partial charge is 0.399 e. The van der Waals surface area contributed by atoms with Crippen molar-refractivity contribution in [3.8, 4) is 0 Å². The highest BCUT2D eigenvalue weighted by molar-refractivity contribution is 9.10. The van der Waals surface area contributed by atoms with Gasteiger partial charge in [0.05, 0.1) is 0 Å². The lowest BCUT2D eigenvalue weighted by molar-refractivity contribution is 0.0557. The molecule has 0 aliphatic heterocycles. The predicted octanol–water partition coefficient (Wildman–Crippen LogP) is 5.12. The molecule has 1 amide bonds. The quantitative estimate of drug-likeness (QED) is 0.560. The number of nitrogens with zero attached hydrogens (tertiary/aromatic N) is 1. The normalized spacial score (nSPS) is 12.1. The van der Waals surface area contributed by atoms with Crippen molar-refractivity contribution in [1.82, 2.24) is 0 Å². The number of hydrogen-bond acceptors (Lipinski definition) is 2. The molecule has 0 saturated carbocycles. The fourth-order valence-corrected chi connectivity index (χ4v) is 3.77. The fraction of sp³-hybridized carbons (Fsp3) is 0.278. The van der Waals surface area contributed by atoms with E-state index in [2.05, 4.69) is 15.9 Å². The minimum atomic E-state index is -5.70. The summed E-state index contributed by atoms with van der Waals surface area (Å²) in [6.07, 6.45) is 1.63. The molecule has 27 heavy (non-hydrogen) atoms. The van der Waals surface area contributed by atoms with Gasteiger partial charge in [0, 0.05) is 27.8 Å². The zero-order chi connectivity index (χ0) is 20.2. The van der Waals surface area contributed by atoms with Gasteiger partial charge in [-0.15, -0.1) is 0 Å². The molecule has 9 heteroatoms. The van der Waals surface area contributed by atoms with Crippen molar-refractivity contribution in [2.75, 3.05) is 11.4 Å². The molecule has 2 rings (SSSR count). The number of para-hydroxylation sites is 1. The predicted molar refractivity (Wildman–Crippen MR) is 103 cm³/mol.